The van der Waals surface area contributed by atoms with Crippen molar-refractivity contribution in [1.29, 1.82) is 0 Å². The van der Waals surface area contributed by atoms with Gasteiger partial charge < -0.3 is 4.74 Å². The molecule has 1 saturated heterocycles. The zero-order chi connectivity index (χ0) is 12.3. The average Bonchev–Trinajstić information content (AvgIpc) is 2.59. The van der Waals surface area contributed by atoms with E-state index in [1.807, 2.05) is 20.8 Å². The molecule has 1 heterocycles. The van der Waals surface area contributed by atoms with Gasteiger partial charge in [0.1, 0.15) is 6.61 Å². The van der Waals surface area contributed by atoms with Crippen LogP contribution in [0.5, 0.6) is 0 Å². The van der Waals surface area contributed by atoms with Crippen molar-refractivity contribution in [2.45, 2.75) is 44.9 Å². The fourth-order valence-corrected chi connectivity index (χ4v) is 1.81. The maximum Gasteiger partial charge on any atom is 0.416 e. The van der Waals surface area contributed by atoms with Crippen LogP contribution in [0.4, 0.5) is 4.79 Å². The van der Waals surface area contributed by atoms with Gasteiger partial charge in [0.15, 0.2) is 0 Å². The first kappa shape index (κ1) is 13.4. The number of rotatable bonds is 4. The van der Waals surface area contributed by atoms with E-state index in [0.717, 1.165) is 6.42 Å². The Hall–Kier alpha value is -0.710. The van der Waals surface area contributed by atoms with E-state index in [9.17, 15) is 9.59 Å². The molecule has 0 aromatic rings. The number of hydrogen-bond donors (Lipinski definition) is 1. The van der Waals surface area contributed by atoms with E-state index in [1.54, 1.807) is 0 Å². The van der Waals surface area contributed by atoms with Crippen LogP contribution >= 0.6 is 12.6 Å². The van der Waals surface area contributed by atoms with E-state index in [0.29, 0.717) is 6.61 Å². The van der Waals surface area contributed by atoms with E-state index < -0.39 is 6.09 Å². The molecule has 0 aliphatic carbocycles. The quantitative estimate of drug-likeness (QED) is 0.771. The Bertz CT molecular complexity index is 280. The molecule has 0 bridgehead atoms. The molecule has 2 amide bonds. The molecule has 1 rings (SSSR count). The molecule has 1 aliphatic rings. The molecule has 0 aromatic carbocycles. The summed E-state index contributed by atoms with van der Waals surface area (Å²) in [7, 11) is 0. The van der Waals surface area contributed by atoms with Crippen molar-refractivity contribution in [1.82, 2.24) is 4.90 Å². The summed E-state index contributed by atoms with van der Waals surface area (Å²) >= 11 is 4.27. The fourth-order valence-electron chi connectivity index (χ4n) is 1.66. The van der Waals surface area contributed by atoms with Crippen molar-refractivity contribution in [3.63, 3.8) is 0 Å². The Morgan fingerprint density at radius 1 is 1.62 bits per heavy atom. The lowest BCUT2D eigenvalue weighted by Gasteiger charge is -2.23. The summed E-state index contributed by atoms with van der Waals surface area (Å²) in [5.41, 5.74) is 0. The van der Waals surface area contributed by atoms with Gasteiger partial charge in [-0.15, -0.1) is 0 Å². The number of amides is 2. The van der Waals surface area contributed by atoms with Crippen LogP contribution in [0.2, 0.25) is 0 Å². The molecular weight excluding hydrogens is 226 g/mol. The summed E-state index contributed by atoms with van der Waals surface area (Å²) in [5, 5.41) is 0.00807. The van der Waals surface area contributed by atoms with Gasteiger partial charge in [0, 0.05) is 11.7 Å². The van der Waals surface area contributed by atoms with E-state index in [1.165, 1.54) is 4.90 Å². The third-order valence-electron chi connectivity index (χ3n) is 2.83. The molecule has 0 aromatic heterocycles. The van der Waals surface area contributed by atoms with E-state index in [4.69, 9.17) is 4.74 Å². The lowest BCUT2D eigenvalue weighted by molar-refractivity contribution is -0.129. The van der Waals surface area contributed by atoms with Crippen LogP contribution in [0.25, 0.3) is 0 Å². The minimum absolute atomic E-state index is 0.00807. The van der Waals surface area contributed by atoms with Gasteiger partial charge in [-0.05, 0) is 12.3 Å². The summed E-state index contributed by atoms with van der Waals surface area (Å²) in [5.74, 6) is 0.0402. The molecule has 0 unspecified atom stereocenters. The normalized spacial score (nSPS) is 22.4. The van der Waals surface area contributed by atoms with Gasteiger partial charge in [-0.3, -0.25) is 4.79 Å². The summed E-state index contributed by atoms with van der Waals surface area (Å²) in [6, 6.07) is -0.127. The molecule has 0 N–H and O–H groups in total. The van der Waals surface area contributed by atoms with Gasteiger partial charge in [-0.1, -0.05) is 20.8 Å². The maximum atomic E-state index is 11.9. The van der Waals surface area contributed by atoms with Crippen LogP contribution in [0.15, 0.2) is 0 Å². The molecule has 5 heteroatoms. The van der Waals surface area contributed by atoms with E-state index in [2.05, 4.69) is 12.6 Å². The zero-order valence-corrected chi connectivity index (χ0v) is 10.9. The monoisotopic (exact) mass is 245 g/mol. The Morgan fingerprint density at radius 3 is 2.75 bits per heavy atom. The van der Waals surface area contributed by atoms with Gasteiger partial charge in [0.25, 0.3) is 0 Å². The van der Waals surface area contributed by atoms with Crippen LogP contribution in [0.1, 0.15) is 33.6 Å². The molecule has 0 saturated carbocycles. The number of nitrogens with zero attached hydrogens (tertiary/aromatic N) is 1. The molecule has 0 radical (unpaired) electrons. The highest BCUT2D eigenvalue weighted by Gasteiger charge is 2.39. The van der Waals surface area contributed by atoms with Gasteiger partial charge in [0.2, 0.25) is 5.91 Å². The first-order chi connectivity index (χ1) is 7.47. The number of carbonyl (C=O) groups is 2. The molecule has 1 fully saturated rings. The number of carbonyl (C=O) groups excluding carboxylic acids is 2. The molecule has 92 valence electrons. The van der Waals surface area contributed by atoms with E-state index >= 15 is 0 Å². The molecule has 16 heavy (non-hydrogen) atoms. The number of ether oxygens (including phenoxy) is 1. The lowest BCUT2D eigenvalue weighted by atomic mass is 10.0. The zero-order valence-electron chi connectivity index (χ0n) is 9.97. The highest BCUT2D eigenvalue weighted by Crippen LogP contribution is 2.21. The first-order valence-electron chi connectivity index (χ1n) is 5.64. The van der Waals surface area contributed by atoms with Crippen LogP contribution in [0.3, 0.4) is 0 Å². The molecule has 4 nitrogen and oxygen atoms in total. The first-order valence-corrected chi connectivity index (χ1v) is 6.15. The highest BCUT2D eigenvalue weighted by molar-refractivity contribution is 7.81. The number of cyclic esters (lactones) is 1. The Kier molecular flexibility index (Phi) is 4.65. The molecule has 2 atom stereocenters. The summed E-state index contributed by atoms with van der Waals surface area (Å²) < 4.78 is 4.92. The number of imide groups is 1. The third-order valence-corrected chi connectivity index (χ3v) is 3.37. The van der Waals surface area contributed by atoms with Crippen molar-refractivity contribution in [3.05, 3.63) is 0 Å². The summed E-state index contributed by atoms with van der Waals surface area (Å²) in [6.45, 7) is 6.23. The largest absolute Gasteiger partial charge is 0.447 e. The fraction of sp³-hybridized carbons (Fsp3) is 0.818. The summed E-state index contributed by atoms with van der Waals surface area (Å²) in [4.78, 5) is 24.6. The smallest absolute Gasteiger partial charge is 0.416 e. The second-order valence-corrected chi connectivity index (χ2v) is 5.15. The highest BCUT2D eigenvalue weighted by atomic mass is 32.1. The topological polar surface area (TPSA) is 46.6 Å². The number of hydrogen-bond acceptors (Lipinski definition) is 4. The van der Waals surface area contributed by atoms with Crippen LogP contribution in [0, 0.1) is 5.92 Å². The summed E-state index contributed by atoms with van der Waals surface area (Å²) in [6.07, 6.45) is 0.586. The standard InChI is InChI=1S/C11H19NO3S/c1-4-8(16)5-10(13)12-9(7(2)3)6-15-11(12)14/h7-9,16H,4-6H2,1-3H3/t8-,9-/m1/s1. The number of thiol groups is 1. The van der Waals surface area contributed by atoms with Crippen molar-refractivity contribution in [2.24, 2.45) is 5.92 Å². The van der Waals surface area contributed by atoms with Crippen molar-refractivity contribution in [3.8, 4) is 0 Å². The Morgan fingerprint density at radius 2 is 2.25 bits per heavy atom. The second kappa shape index (κ2) is 5.57. The molecule has 0 spiro atoms. The van der Waals surface area contributed by atoms with Gasteiger partial charge in [-0.2, -0.15) is 12.6 Å². The van der Waals surface area contributed by atoms with Gasteiger partial charge >= 0.3 is 6.09 Å². The van der Waals surface area contributed by atoms with Crippen molar-refractivity contribution in [2.75, 3.05) is 6.61 Å². The van der Waals surface area contributed by atoms with Gasteiger partial charge in [-0.25, -0.2) is 9.69 Å². The Labute approximate surface area is 102 Å². The minimum Gasteiger partial charge on any atom is -0.447 e. The lowest BCUT2D eigenvalue weighted by Crippen LogP contribution is -2.42. The average molecular weight is 245 g/mol. The molecular formula is C11H19NO3S. The predicted octanol–water partition coefficient (Wildman–Crippen LogP) is 2.09. The predicted molar refractivity (Wildman–Crippen MR) is 64.5 cm³/mol. The maximum absolute atomic E-state index is 11.9. The van der Waals surface area contributed by atoms with E-state index in [-0.39, 0.29) is 29.5 Å². The van der Waals surface area contributed by atoms with Crippen molar-refractivity contribution >= 4 is 24.6 Å². The third kappa shape index (κ3) is 2.90. The van der Waals surface area contributed by atoms with Gasteiger partial charge in [0.05, 0.1) is 6.04 Å². The Balaban J connectivity index is 2.68. The van der Waals surface area contributed by atoms with Crippen LogP contribution in [-0.2, 0) is 9.53 Å². The van der Waals surface area contributed by atoms with Crippen LogP contribution < -0.4 is 0 Å². The SMILES string of the molecule is CC[C@@H](S)CC(=O)N1C(=O)OC[C@@H]1C(C)C. The molecule has 1 aliphatic heterocycles. The second-order valence-electron chi connectivity index (χ2n) is 4.42. The van der Waals surface area contributed by atoms with Crippen molar-refractivity contribution < 1.29 is 14.3 Å². The minimum atomic E-state index is -0.514. The van der Waals surface area contributed by atoms with Crippen LogP contribution in [-0.4, -0.2) is 34.8 Å².